The molecule has 0 unspecified atom stereocenters. The van der Waals surface area contributed by atoms with Crippen molar-refractivity contribution in [3.05, 3.63) is 35.4 Å². The number of ether oxygens (including phenoxy) is 1. The van der Waals surface area contributed by atoms with Crippen LogP contribution in [0.5, 0.6) is 0 Å². The molecule has 0 saturated heterocycles. The largest absolute Gasteiger partial charge is 0.462 e. The van der Waals surface area contributed by atoms with Crippen molar-refractivity contribution < 1.29 is 9.53 Å². The number of rotatable bonds is 3. The van der Waals surface area contributed by atoms with Crippen molar-refractivity contribution in [3.63, 3.8) is 0 Å². The Hall–Kier alpha value is -1.31. The Morgan fingerprint density at radius 2 is 1.72 bits per heavy atom. The van der Waals surface area contributed by atoms with Crippen molar-refractivity contribution in [2.45, 2.75) is 51.4 Å². The minimum Gasteiger partial charge on any atom is -0.462 e. The predicted octanol–water partition coefficient (Wildman–Crippen LogP) is 4.30. The topological polar surface area (TPSA) is 26.3 Å². The number of carbonyl (C=O) groups excluding carboxylic acids is 1. The van der Waals surface area contributed by atoms with Crippen LogP contribution in [-0.2, 0) is 4.74 Å². The third kappa shape index (κ3) is 3.34. The Morgan fingerprint density at radius 1 is 1.11 bits per heavy atom. The van der Waals surface area contributed by atoms with Gasteiger partial charge in [-0.15, -0.1) is 0 Å². The Bertz CT molecular complexity index is 373. The van der Waals surface area contributed by atoms with Crippen molar-refractivity contribution in [3.8, 4) is 0 Å². The van der Waals surface area contributed by atoms with Crippen LogP contribution >= 0.6 is 0 Å². The van der Waals surface area contributed by atoms with E-state index in [9.17, 15) is 4.79 Å². The molecule has 2 nitrogen and oxygen atoms in total. The van der Waals surface area contributed by atoms with E-state index >= 15 is 0 Å². The lowest BCUT2D eigenvalue weighted by molar-refractivity contribution is 0.0526. The van der Waals surface area contributed by atoms with E-state index in [4.69, 9.17) is 4.74 Å². The number of hydrogen-bond acceptors (Lipinski definition) is 2. The molecule has 0 N–H and O–H groups in total. The van der Waals surface area contributed by atoms with Gasteiger partial charge in [0.1, 0.15) is 0 Å². The van der Waals surface area contributed by atoms with Gasteiger partial charge in [-0.3, -0.25) is 0 Å². The molecule has 0 radical (unpaired) electrons. The lowest BCUT2D eigenvalue weighted by Gasteiger charge is -2.14. The molecule has 98 valence electrons. The highest BCUT2D eigenvalue weighted by Gasteiger charge is 2.15. The number of hydrogen-bond donors (Lipinski definition) is 0. The van der Waals surface area contributed by atoms with Crippen molar-refractivity contribution in [1.82, 2.24) is 0 Å². The molecule has 0 amide bonds. The summed E-state index contributed by atoms with van der Waals surface area (Å²) >= 11 is 0. The average Bonchev–Trinajstić information content (AvgIpc) is 2.68. The summed E-state index contributed by atoms with van der Waals surface area (Å²) < 4.78 is 4.99. The Kier molecular flexibility index (Phi) is 4.80. The number of esters is 1. The molecule has 2 rings (SSSR count). The molecule has 0 aliphatic heterocycles. The quantitative estimate of drug-likeness (QED) is 0.587. The Morgan fingerprint density at radius 3 is 2.28 bits per heavy atom. The molecule has 2 heteroatoms. The molecule has 1 aliphatic rings. The van der Waals surface area contributed by atoms with Crippen molar-refractivity contribution in [2.24, 2.45) is 0 Å². The van der Waals surface area contributed by atoms with Crippen LogP contribution in [0.4, 0.5) is 0 Å². The maximum absolute atomic E-state index is 11.6. The second-order valence-corrected chi connectivity index (χ2v) is 5.03. The first-order valence-corrected chi connectivity index (χ1v) is 7.08. The van der Waals surface area contributed by atoms with Crippen molar-refractivity contribution in [1.29, 1.82) is 0 Å². The second-order valence-electron chi connectivity index (χ2n) is 5.03. The van der Waals surface area contributed by atoms with Gasteiger partial charge in [0.25, 0.3) is 0 Å². The van der Waals surface area contributed by atoms with E-state index in [-0.39, 0.29) is 5.97 Å². The lowest BCUT2D eigenvalue weighted by Crippen LogP contribution is -2.05. The maximum Gasteiger partial charge on any atom is 0.338 e. The number of benzene rings is 1. The molecular weight excluding hydrogens is 224 g/mol. The highest BCUT2D eigenvalue weighted by Crippen LogP contribution is 2.31. The van der Waals surface area contributed by atoms with E-state index in [1.54, 1.807) is 0 Å². The SMILES string of the molecule is CCOC(=O)c1ccc(C2CCCCCC2)cc1. The summed E-state index contributed by atoms with van der Waals surface area (Å²) in [7, 11) is 0. The van der Waals surface area contributed by atoms with Gasteiger partial charge in [0.15, 0.2) is 0 Å². The normalized spacial score (nSPS) is 17.2. The minimum absolute atomic E-state index is 0.218. The van der Waals surface area contributed by atoms with Crippen LogP contribution in [0.1, 0.15) is 67.3 Å². The Labute approximate surface area is 109 Å². The molecule has 0 atom stereocenters. The van der Waals surface area contributed by atoms with Crippen LogP contribution in [0.3, 0.4) is 0 Å². The highest BCUT2D eigenvalue weighted by molar-refractivity contribution is 5.89. The third-order valence-corrected chi connectivity index (χ3v) is 3.75. The summed E-state index contributed by atoms with van der Waals surface area (Å²) in [6.45, 7) is 2.26. The summed E-state index contributed by atoms with van der Waals surface area (Å²) in [6.07, 6.45) is 8.00. The zero-order valence-corrected chi connectivity index (χ0v) is 11.2. The summed E-state index contributed by atoms with van der Waals surface area (Å²) in [6, 6.07) is 8.00. The van der Waals surface area contributed by atoms with E-state index in [1.807, 2.05) is 19.1 Å². The van der Waals surface area contributed by atoms with Crippen molar-refractivity contribution in [2.75, 3.05) is 6.61 Å². The average molecular weight is 246 g/mol. The molecule has 1 fully saturated rings. The maximum atomic E-state index is 11.6. The summed E-state index contributed by atoms with van der Waals surface area (Å²) in [5, 5.41) is 0. The highest BCUT2D eigenvalue weighted by atomic mass is 16.5. The van der Waals surface area contributed by atoms with Gasteiger partial charge >= 0.3 is 5.97 Å². The standard InChI is InChI=1S/C16H22O2/c1-2-18-16(17)15-11-9-14(10-12-15)13-7-5-3-4-6-8-13/h9-13H,2-8H2,1H3. The van der Waals surface area contributed by atoms with Gasteiger partial charge in [0, 0.05) is 0 Å². The van der Waals surface area contributed by atoms with Gasteiger partial charge in [-0.05, 0) is 43.4 Å². The third-order valence-electron chi connectivity index (χ3n) is 3.75. The summed E-state index contributed by atoms with van der Waals surface area (Å²) in [5.74, 6) is 0.466. The second kappa shape index (κ2) is 6.58. The van der Waals surface area contributed by atoms with Gasteiger partial charge in [-0.2, -0.15) is 0 Å². The smallest absolute Gasteiger partial charge is 0.338 e. The first-order valence-electron chi connectivity index (χ1n) is 7.08. The van der Waals surface area contributed by atoms with Gasteiger partial charge in [0.2, 0.25) is 0 Å². The predicted molar refractivity (Wildman–Crippen MR) is 72.8 cm³/mol. The van der Waals surface area contributed by atoms with E-state index < -0.39 is 0 Å². The fourth-order valence-corrected chi connectivity index (χ4v) is 2.72. The van der Waals surface area contributed by atoms with Gasteiger partial charge < -0.3 is 4.74 Å². The molecular formula is C16H22O2. The van der Waals surface area contributed by atoms with Crippen LogP contribution in [0.15, 0.2) is 24.3 Å². The molecule has 0 heterocycles. The molecule has 0 spiro atoms. The van der Waals surface area contributed by atoms with E-state index in [0.717, 1.165) is 0 Å². The van der Waals surface area contributed by atoms with E-state index in [0.29, 0.717) is 18.1 Å². The van der Waals surface area contributed by atoms with Crippen LogP contribution in [-0.4, -0.2) is 12.6 Å². The molecule has 0 bridgehead atoms. The van der Waals surface area contributed by atoms with Gasteiger partial charge in [-0.25, -0.2) is 4.79 Å². The molecule has 18 heavy (non-hydrogen) atoms. The molecule has 1 saturated carbocycles. The molecule has 1 aliphatic carbocycles. The lowest BCUT2D eigenvalue weighted by atomic mass is 9.91. The number of carbonyl (C=O) groups is 1. The minimum atomic E-state index is -0.218. The molecule has 1 aromatic carbocycles. The first kappa shape index (κ1) is 13.1. The Balaban J connectivity index is 2.04. The summed E-state index contributed by atoms with van der Waals surface area (Å²) in [5.41, 5.74) is 2.04. The molecule has 1 aromatic rings. The first-order chi connectivity index (χ1) is 8.81. The van der Waals surface area contributed by atoms with Crippen molar-refractivity contribution >= 4 is 5.97 Å². The van der Waals surface area contributed by atoms with Gasteiger partial charge in [0.05, 0.1) is 12.2 Å². The van der Waals surface area contributed by atoms with Crippen LogP contribution in [0, 0.1) is 0 Å². The zero-order chi connectivity index (χ0) is 12.8. The van der Waals surface area contributed by atoms with Gasteiger partial charge in [-0.1, -0.05) is 37.8 Å². The van der Waals surface area contributed by atoms with E-state index in [1.165, 1.54) is 44.1 Å². The van der Waals surface area contributed by atoms with E-state index in [2.05, 4.69) is 12.1 Å². The van der Waals surface area contributed by atoms with Crippen LogP contribution in [0.2, 0.25) is 0 Å². The molecule has 0 aromatic heterocycles. The van der Waals surface area contributed by atoms with Crippen LogP contribution in [0.25, 0.3) is 0 Å². The monoisotopic (exact) mass is 246 g/mol. The zero-order valence-electron chi connectivity index (χ0n) is 11.2. The van der Waals surface area contributed by atoms with Crippen LogP contribution < -0.4 is 0 Å². The fourth-order valence-electron chi connectivity index (χ4n) is 2.72. The summed E-state index contributed by atoms with van der Waals surface area (Å²) in [4.78, 5) is 11.6. The fraction of sp³-hybridized carbons (Fsp3) is 0.562.